The van der Waals surface area contributed by atoms with Crippen LogP contribution in [0.2, 0.25) is 0 Å². The molecule has 2 amide bonds. The molecule has 0 aliphatic carbocycles. The molecule has 0 radical (unpaired) electrons. The summed E-state index contributed by atoms with van der Waals surface area (Å²) >= 11 is 0. The van der Waals surface area contributed by atoms with Gasteiger partial charge in [-0.1, -0.05) is 6.92 Å². The standard InChI is InChI=1S/C12H23N3O2/c1-3-11(16)15-9-5-4-6-10(15)12(17)14-8-7-13-2/h10,13H,3-9H2,1-2H3,(H,14,17). The second-order valence-corrected chi connectivity index (χ2v) is 4.35. The van der Waals surface area contributed by atoms with Gasteiger partial charge in [0.25, 0.3) is 0 Å². The lowest BCUT2D eigenvalue weighted by Crippen LogP contribution is -2.52. The average molecular weight is 241 g/mol. The van der Waals surface area contributed by atoms with Gasteiger partial charge < -0.3 is 15.5 Å². The zero-order valence-electron chi connectivity index (χ0n) is 10.8. The number of piperidine rings is 1. The van der Waals surface area contributed by atoms with Gasteiger partial charge in [-0.2, -0.15) is 0 Å². The maximum absolute atomic E-state index is 12.0. The van der Waals surface area contributed by atoms with E-state index >= 15 is 0 Å². The van der Waals surface area contributed by atoms with Gasteiger partial charge in [-0.25, -0.2) is 0 Å². The quantitative estimate of drug-likeness (QED) is 0.672. The Morgan fingerprint density at radius 2 is 2.06 bits per heavy atom. The number of nitrogens with zero attached hydrogens (tertiary/aromatic N) is 1. The fourth-order valence-corrected chi connectivity index (χ4v) is 2.13. The molecule has 1 aliphatic heterocycles. The molecule has 1 fully saturated rings. The molecule has 1 heterocycles. The fourth-order valence-electron chi connectivity index (χ4n) is 2.13. The minimum atomic E-state index is -0.256. The van der Waals surface area contributed by atoms with E-state index in [-0.39, 0.29) is 17.9 Å². The minimum absolute atomic E-state index is 0.0123. The molecule has 5 heteroatoms. The van der Waals surface area contributed by atoms with Gasteiger partial charge in [0.05, 0.1) is 0 Å². The number of carbonyl (C=O) groups is 2. The van der Waals surface area contributed by atoms with Gasteiger partial charge in [0.1, 0.15) is 6.04 Å². The normalized spacial score (nSPS) is 20.1. The molecule has 0 bridgehead atoms. The lowest BCUT2D eigenvalue weighted by atomic mass is 10.0. The molecule has 0 aromatic rings. The summed E-state index contributed by atoms with van der Waals surface area (Å²) in [6.07, 6.45) is 3.29. The highest BCUT2D eigenvalue weighted by atomic mass is 16.2. The molecule has 1 unspecified atom stereocenters. The Bertz CT molecular complexity index is 268. The smallest absolute Gasteiger partial charge is 0.242 e. The van der Waals surface area contributed by atoms with Crippen molar-refractivity contribution in [3.8, 4) is 0 Å². The number of hydrogen-bond donors (Lipinski definition) is 2. The Labute approximate surface area is 103 Å². The van der Waals surface area contributed by atoms with E-state index in [2.05, 4.69) is 10.6 Å². The van der Waals surface area contributed by atoms with E-state index in [0.717, 1.165) is 32.4 Å². The molecule has 98 valence electrons. The molecule has 1 saturated heterocycles. The van der Waals surface area contributed by atoms with E-state index in [1.165, 1.54) is 0 Å². The Balaban J connectivity index is 2.52. The molecule has 5 nitrogen and oxygen atoms in total. The number of rotatable bonds is 5. The van der Waals surface area contributed by atoms with Gasteiger partial charge in [-0.15, -0.1) is 0 Å². The number of nitrogens with one attached hydrogen (secondary N) is 2. The van der Waals surface area contributed by atoms with Crippen molar-refractivity contribution in [1.82, 2.24) is 15.5 Å². The van der Waals surface area contributed by atoms with Crippen LogP contribution in [0.25, 0.3) is 0 Å². The third-order valence-corrected chi connectivity index (χ3v) is 3.10. The first-order valence-electron chi connectivity index (χ1n) is 6.42. The maximum atomic E-state index is 12.0. The van der Waals surface area contributed by atoms with Crippen molar-refractivity contribution in [2.75, 3.05) is 26.7 Å². The van der Waals surface area contributed by atoms with Gasteiger partial charge >= 0.3 is 0 Å². The van der Waals surface area contributed by atoms with E-state index in [0.29, 0.717) is 13.0 Å². The number of likely N-dealkylation sites (tertiary alicyclic amines) is 1. The predicted molar refractivity (Wildman–Crippen MR) is 66.6 cm³/mol. The molecule has 0 aromatic carbocycles. The molecule has 0 aromatic heterocycles. The van der Waals surface area contributed by atoms with Gasteiger partial charge in [-0.3, -0.25) is 9.59 Å². The lowest BCUT2D eigenvalue weighted by Gasteiger charge is -2.34. The summed E-state index contributed by atoms with van der Waals surface area (Å²) in [7, 11) is 1.85. The van der Waals surface area contributed by atoms with Crippen molar-refractivity contribution in [1.29, 1.82) is 0 Å². The van der Waals surface area contributed by atoms with Crippen molar-refractivity contribution in [2.24, 2.45) is 0 Å². The summed E-state index contributed by atoms with van der Waals surface area (Å²) in [4.78, 5) is 25.5. The summed E-state index contributed by atoms with van der Waals surface area (Å²) in [6.45, 7) is 3.92. The molecule has 1 aliphatic rings. The zero-order chi connectivity index (χ0) is 12.7. The Hall–Kier alpha value is -1.10. The Kier molecular flexibility index (Phi) is 5.97. The topological polar surface area (TPSA) is 61.4 Å². The SMILES string of the molecule is CCC(=O)N1CCCCC1C(=O)NCCNC. The Morgan fingerprint density at radius 3 is 2.71 bits per heavy atom. The summed E-state index contributed by atoms with van der Waals surface area (Å²) in [5.41, 5.74) is 0. The fraction of sp³-hybridized carbons (Fsp3) is 0.833. The van der Waals surface area contributed by atoms with Gasteiger partial charge in [-0.05, 0) is 26.3 Å². The highest BCUT2D eigenvalue weighted by Gasteiger charge is 2.30. The Morgan fingerprint density at radius 1 is 1.29 bits per heavy atom. The molecule has 17 heavy (non-hydrogen) atoms. The van der Waals surface area contributed by atoms with E-state index in [4.69, 9.17) is 0 Å². The third-order valence-electron chi connectivity index (χ3n) is 3.10. The molecule has 1 rings (SSSR count). The van der Waals surface area contributed by atoms with Gasteiger partial charge in [0.15, 0.2) is 0 Å². The van der Waals surface area contributed by atoms with Crippen LogP contribution in [0.4, 0.5) is 0 Å². The first kappa shape index (κ1) is 14.0. The minimum Gasteiger partial charge on any atom is -0.353 e. The number of amides is 2. The summed E-state index contributed by atoms with van der Waals surface area (Å²) in [6, 6.07) is -0.256. The van der Waals surface area contributed by atoms with Crippen molar-refractivity contribution in [2.45, 2.75) is 38.6 Å². The van der Waals surface area contributed by atoms with Crippen LogP contribution in [-0.4, -0.2) is 49.4 Å². The third kappa shape index (κ3) is 4.00. The van der Waals surface area contributed by atoms with Crippen molar-refractivity contribution < 1.29 is 9.59 Å². The number of hydrogen-bond acceptors (Lipinski definition) is 3. The highest BCUT2D eigenvalue weighted by molar-refractivity contribution is 5.87. The monoisotopic (exact) mass is 241 g/mol. The largest absolute Gasteiger partial charge is 0.353 e. The first-order chi connectivity index (χ1) is 8.20. The van der Waals surface area contributed by atoms with Crippen molar-refractivity contribution in [3.63, 3.8) is 0 Å². The van der Waals surface area contributed by atoms with Crippen LogP contribution < -0.4 is 10.6 Å². The predicted octanol–water partition coefficient (Wildman–Crippen LogP) is 0.113. The van der Waals surface area contributed by atoms with Crippen LogP contribution in [0.3, 0.4) is 0 Å². The van der Waals surface area contributed by atoms with Gasteiger partial charge in [0, 0.05) is 26.1 Å². The summed E-state index contributed by atoms with van der Waals surface area (Å²) in [5, 5.41) is 5.84. The number of carbonyl (C=O) groups excluding carboxylic acids is 2. The number of likely N-dealkylation sites (N-methyl/N-ethyl adjacent to an activating group) is 1. The van der Waals surface area contributed by atoms with E-state index < -0.39 is 0 Å². The van der Waals surface area contributed by atoms with Crippen LogP contribution in [0.5, 0.6) is 0 Å². The maximum Gasteiger partial charge on any atom is 0.242 e. The van der Waals surface area contributed by atoms with E-state index in [1.54, 1.807) is 4.90 Å². The van der Waals surface area contributed by atoms with Crippen LogP contribution in [0.1, 0.15) is 32.6 Å². The summed E-state index contributed by atoms with van der Waals surface area (Å²) in [5.74, 6) is 0.0696. The van der Waals surface area contributed by atoms with Crippen LogP contribution in [-0.2, 0) is 9.59 Å². The average Bonchev–Trinajstić information content (AvgIpc) is 2.38. The highest BCUT2D eigenvalue weighted by Crippen LogP contribution is 2.18. The van der Waals surface area contributed by atoms with Crippen molar-refractivity contribution in [3.05, 3.63) is 0 Å². The molecular formula is C12H23N3O2. The van der Waals surface area contributed by atoms with Crippen LogP contribution in [0.15, 0.2) is 0 Å². The van der Waals surface area contributed by atoms with E-state index in [9.17, 15) is 9.59 Å². The second-order valence-electron chi connectivity index (χ2n) is 4.35. The molecule has 1 atom stereocenters. The second kappa shape index (κ2) is 7.27. The lowest BCUT2D eigenvalue weighted by molar-refractivity contribution is -0.142. The summed E-state index contributed by atoms with van der Waals surface area (Å²) < 4.78 is 0. The van der Waals surface area contributed by atoms with Crippen molar-refractivity contribution >= 4 is 11.8 Å². The molecular weight excluding hydrogens is 218 g/mol. The first-order valence-corrected chi connectivity index (χ1v) is 6.42. The van der Waals surface area contributed by atoms with E-state index in [1.807, 2.05) is 14.0 Å². The van der Waals surface area contributed by atoms with Crippen LogP contribution in [0, 0.1) is 0 Å². The van der Waals surface area contributed by atoms with Crippen LogP contribution >= 0.6 is 0 Å². The molecule has 2 N–H and O–H groups in total. The molecule has 0 saturated carbocycles. The van der Waals surface area contributed by atoms with Gasteiger partial charge in [0.2, 0.25) is 11.8 Å². The zero-order valence-corrected chi connectivity index (χ0v) is 10.8. The molecule has 0 spiro atoms.